The first-order valence-corrected chi connectivity index (χ1v) is 9.09. The summed E-state index contributed by atoms with van der Waals surface area (Å²) in [5.74, 6) is 0.650. The lowest BCUT2D eigenvalue weighted by Crippen LogP contribution is -2.32. The molecule has 0 unspecified atom stereocenters. The van der Waals surface area contributed by atoms with Crippen LogP contribution in [0.15, 0.2) is 52.9 Å². The maximum absolute atomic E-state index is 12.8. The molecule has 0 amide bonds. The molecule has 1 heterocycles. The second kappa shape index (κ2) is 8.06. The van der Waals surface area contributed by atoms with Gasteiger partial charge in [-0.1, -0.05) is 12.1 Å². The van der Waals surface area contributed by atoms with Crippen molar-refractivity contribution < 1.29 is 17.6 Å². The quantitative estimate of drug-likeness (QED) is 0.441. The number of para-hydroxylation sites is 1. The van der Waals surface area contributed by atoms with Crippen LogP contribution < -0.4 is 5.32 Å². The molecule has 0 aliphatic rings. The van der Waals surface area contributed by atoms with Gasteiger partial charge in [-0.15, -0.1) is 10.2 Å². The van der Waals surface area contributed by atoms with E-state index in [1.54, 1.807) is 31.3 Å². The number of aromatic nitrogens is 2. The zero-order chi connectivity index (χ0) is 21.9. The fourth-order valence-corrected chi connectivity index (χ4v) is 2.98. The summed E-state index contributed by atoms with van der Waals surface area (Å²) in [7, 11) is 1.67. The zero-order valence-electron chi connectivity index (χ0n) is 16.7. The highest BCUT2D eigenvalue weighted by molar-refractivity contribution is 5.76. The summed E-state index contributed by atoms with van der Waals surface area (Å²) < 4.78 is 44.2. The maximum Gasteiger partial charge on any atom is 0.416 e. The van der Waals surface area contributed by atoms with E-state index >= 15 is 0 Å². The van der Waals surface area contributed by atoms with Crippen LogP contribution >= 0.6 is 0 Å². The van der Waals surface area contributed by atoms with E-state index in [4.69, 9.17) is 9.68 Å². The lowest BCUT2D eigenvalue weighted by Gasteiger charge is -2.23. The predicted molar refractivity (Wildman–Crippen MR) is 106 cm³/mol. The molecule has 0 fully saturated rings. The third kappa shape index (κ3) is 4.71. The van der Waals surface area contributed by atoms with Crippen molar-refractivity contribution >= 4 is 11.4 Å². The maximum atomic E-state index is 12.8. The first-order valence-electron chi connectivity index (χ1n) is 9.09. The Kier molecular flexibility index (Phi) is 5.69. The molecule has 0 aliphatic heterocycles. The summed E-state index contributed by atoms with van der Waals surface area (Å²) >= 11 is 0. The van der Waals surface area contributed by atoms with Crippen molar-refractivity contribution in [1.29, 1.82) is 5.26 Å². The van der Waals surface area contributed by atoms with E-state index < -0.39 is 17.2 Å². The molecule has 9 heteroatoms. The third-order valence-electron chi connectivity index (χ3n) is 4.46. The number of hydrogen-bond donors (Lipinski definition) is 1. The molecule has 30 heavy (non-hydrogen) atoms. The average molecular weight is 415 g/mol. The first-order chi connectivity index (χ1) is 14.1. The molecule has 0 saturated carbocycles. The number of alkyl halides is 3. The molecule has 1 N–H and O–H groups in total. The molecular weight excluding hydrogens is 395 g/mol. The number of hydrogen-bond acceptors (Lipinski definition) is 6. The van der Waals surface area contributed by atoms with Crippen LogP contribution in [0.4, 0.5) is 24.5 Å². The zero-order valence-corrected chi connectivity index (χ0v) is 16.7. The Bertz CT molecular complexity index is 1050. The molecule has 3 rings (SSSR count). The van der Waals surface area contributed by atoms with Gasteiger partial charge in [0.25, 0.3) is 0 Å². The molecule has 0 saturated heterocycles. The van der Waals surface area contributed by atoms with Gasteiger partial charge in [-0.05, 0) is 50.2 Å². The minimum Gasteiger partial charge on any atom is -0.420 e. The molecule has 0 atom stereocenters. The average Bonchev–Trinajstić information content (AvgIpc) is 3.19. The lowest BCUT2D eigenvalue weighted by atomic mass is 9.93. The van der Waals surface area contributed by atoms with E-state index in [0.717, 1.165) is 12.1 Å². The highest BCUT2D eigenvalue weighted by Crippen LogP contribution is 2.34. The van der Waals surface area contributed by atoms with Crippen molar-refractivity contribution in [2.75, 3.05) is 18.9 Å². The Morgan fingerprint density at radius 2 is 1.73 bits per heavy atom. The number of halogens is 3. The van der Waals surface area contributed by atoms with Gasteiger partial charge in [0.05, 0.1) is 22.2 Å². The van der Waals surface area contributed by atoms with Gasteiger partial charge in [-0.3, -0.25) is 0 Å². The SMILES string of the molecule is CN(C#N)CC(C)(C)c1nnc(-c2ccccc2Nc2ccc(C(F)(F)F)cc2)o1. The van der Waals surface area contributed by atoms with Gasteiger partial charge in [0.2, 0.25) is 11.8 Å². The molecule has 1 aromatic heterocycles. The molecule has 3 aromatic rings. The molecule has 0 spiro atoms. The summed E-state index contributed by atoms with van der Waals surface area (Å²) in [6.45, 7) is 4.19. The van der Waals surface area contributed by atoms with Crippen molar-refractivity contribution in [3.8, 4) is 17.6 Å². The number of anilines is 2. The van der Waals surface area contributed by atoms with Crippen molar-refractivity contribution in [3.63, 3.8) is 0 Å². The van der Waals surface area contributed by atoms with Crippen LogP contribution in [0.1, 0.15) is 25.3 Å². The van der Waals surface area contributed by atoms with Crippen LogP contribution in [0.2, 0.25) is 0 Å². The largest absolute Gasteiger partial charge is 0.420 e. The van der Waals surface area contributed by atoms with Crippen LogP contribution in [0.5, 0.6) is 0 Å². The number of rotatable bonds is 6. The van der Waals surface area contributed by atoms with Crippen LogP contribution in [0, 0.1) is 11.5 Å². The van der Waals surface area contributed by atoms with Crippen molar-refractivity contribution in [3.05, 3.63) is 60.0 Å². The van der Waals surface area contributed by atoms with Crippen molar-refractivity contribution in [1.82, 2.24) is 15.1 Å². The highest BCUT2D eigenvalue weighted by Gasteiger charge is 2.31. The number of nitriles is 1. The van der Waals surface area contributed by atoms with Crippen molar-refractivity contribution in [2.45, 2.75) is 25.4 Å². The molecule has 6 nitrogen and oxygen atoms in total. The van der Waals surface area contributed by atoms with Gasteiger partial charge in [0.15, 0.2) is 6.19 Å². The number of nitrogens with one attached hydrogen (secondary N) is 1. The van der Waals surface area contributed by atoms with E-state index in [1.807, 2.05) is 20.0 Å². The van der Waals surface area contributed by atoms with Crippen LogP contribution in [0.25, 0.3) is 11.5 Å². The minimum atomic E-state index is -4.39. The predicted octanol–water partition coefficient (Wildman–Crippen LogP) is 5.19. The van der Waals surface area contributed by atoms with Gasteiger partial charge >= 0.3 is 6.18 Å². The van der Waals surface area contributed by atoms with Crippen LogP contribution in [-0.2, 0) is 11.6 Å². The highest BCUT2D eigenvalue weighted by atomic mass is 19.4. The fourth-order valence-electron chi connectivity index (χ4n) is 2.98. The van der Waals surface area contributed by atoms with E-state index in [9.17, 15) is 13.2 Å². The number of likely N-dealkylation sites (N-methyl/N-ethyl adjacent to an activating group) is 1. The monoisotopic (exact) mass is 415 g/mol. The molecule has 0 aliphatic carbocycles. The Balaban J connectivity index is 1.86. The number of benzene rings is 2. The Labute approximate surface area is 172 Å². The number of nitrogens with zero attached hydrogens (tertiary/aromatic N) is 4. The Hall–Kier alpha value is -3.54. The lowest BCUT2D eigenvalue weighted by molar-refractivity contribution is -0.137. The third-order valence-corrected chi connectivity index (χ3v) is 4.46. The molecule has 0 bridgehead atoms. The van der Waals surface area contributed by atoms with Crippen LogP contribution in [0.3, 0.4) is 0 Å². The standard InChI is InChI=1S/C21H20F3N5O/c1-20(2,12-29(3)13-25)19-28-27-18(30-19)16-6-4-5-7-17(16)26-15-10-8-14(9-11-15)21(22,23)24/h4-11,26H,12H2,1-3H3. The van der Waals surface area contributed by atoms with Crippen LogP contribution in [-0.4, -0.2) is 28.7 Å². The summed E-state index contributed by atoms with van der Waals surface area (Å²) in [6, 6.07) is 11.9. The Morgan fingerprint density at radius 3 is 2.37 bits per heavy atom. The smallest absolute Gasteiger partial charge is 0.416 e. The normalized spacial score (nSPS) is 11.8. The van der Waals surface area contributed by atoms with E-state index in [0.29, 0.717) is 29.4 Å². The van der Waals surface area contributed by atoms with Gasteiger partial charge in [-0.25, -0.2) is 0 Å². The van der Waals surface area contributed by atoms with Gasteiger partial charge in [0, 0.05) is 19.3 Å². The summed E-state index contributed by atoms with van der Waals surface area (Å²) in [4.78, 5) is 1.48. The molecular formula is C21H20F3N5O. The van der Waals surface area contributed by atoms with Gasteiger partial charge in [0.1, 0.15) is 0 Å². The second-order valence-corrected chi connectivity index (χ2v) is 7.50. The second-order valence-electron chi connectivity index (χ2n) is 7.50. The summed E-state index contributed by atoms with van der Waals surface area (Å²) in [5, 5.41) is 20.4. The van der Waals surface area contributed by atoms with E-state index in [2.05, 4.69) is 15.5 Å². The first kappa shape index (κ1) is 21.2. The topological polar surface area (TPSA) is 78.0 Å². The molecule has 2 aromatic carbocycles. The fraction of sp³-hybridized carbons (Fsp3) is 0.286. The minimum absolute atomic E-state index is 0.271. The Morgan fingerprint density at radius 1 is 1.07 bits per heavy atom. The molecule has 0 radical (unpaired) electrons. The molecule has 156 valence electrons. The van der Waals surface area contributed by atoms with Crippen molar-refractivity contribution in [2.24, 2.45) is 0 Å². The van der Waals surface area contributed by atoms with Gasteiger partial charge < -0.3 is 14.6 Å². The summed E-state index contributed by atoms with van der Waals surface area (Å²) in [5.41, 5.74) is 0.449. The van der Waals surface area contributed by atoms with Gasteiger partial charge in [-0.2, -0.15) is 18.4 Å². The van der Waals surface area contributed by atoms with E-state index in [-0.39, 0.29) is 5.89 Å². The summed E-state index contributed by atoms with van der Waals surface area (Å²) in [6.07, 6.45) is -2.34. The van der Waals surface area contributed by atoms with E-state index in [1.165, 1.54) is 17.0 Å².